The van der Waals surface area contributed by atoms with Crippen molar-refractivity contribution in [2.24, 2.45) is 0 Å². The Morgan fingerprint density at radius 1 is 1.16 bits per heavy atom. The Morgan fingerprint density at radius 2 is 1.74 bits per heavy atom. The lowest BCUT2D eigenvalue weighted by atomic mass is 10.2. The Bertz CT molecular complexity index is 498. The Morgan fingerprint density at radius 3 is 2.26 bits per heavy atom. The van der Waals surface area contributed by atoms with Crippen molar-refractivity contribution in [2.45, 2.75) is 25.6 Å². The number of nitrogen functional groups attached to an aromatic ring is 1. The first-order valence-electron chi connectivity index (χ1n) is 5.56. The van der Waals surface area contributed by atoms with E-state index < -0.39 is 34.8 Å². The van der Waals surface area contributed by atoms with Crippen LogP contribution < -0.4 is 10.5 Å². The quantitative estimate of drug-likeness (QED) is 0.789. The number of alkyl halides is 3. The molecule has 1 aromatic carbocycles. The van der Waals surface area contributed by atoms with Crippen molar-refractivity contribution >= 4 is 15.7 Å². The van der Waals surface area contributed by atoms with E-state index in [2.05, 4.69) is 4.72 Å². The number of nitrogens with one attached hydrogen (secondary N) is 1. The first-order valence-corrected chi connectivity index (χ1v) is 7.22. The van der Waals surface area contributed by atoms with E-state index in [-0.39, 0.29) is 6.54 Å². The fourth-order valence-electron chi connectivity index (χ4n) is 1.36. The van der Waals surface area contributed by atoms with Crippen molar-refractivity contribution in [1.82, 2.24) is 4.72 Å². The molecule has 0 saturated carbocycles. The van der Waals surface area contributed by atoms with E-state index in [1.54, 1.807) is 24.3 Å². The first-order chi connectivity index (χ1) is 8.68. The van der Waals surface area contributed by atoms with Gasteiger partial charge in [-0.25, -0.2) is 13.1 Å². The minimum absolute atomic E-state index is 0.0363. The van der Waals surface area contributed by atoms with E-state index in [0.29, 0.717) is 11.3 Å². The summed E-state index contributed by atoms with van der Waals surface area (Å²) in [5.74, 6) is -0.540. The smallest absolute Gasteiger partial charge is 0.389 e. The van der Waals surface area contributed by atoms with E-state index in [0.717, 1.165) is 0 Å². The van der Waals surface area contributed by atoms with E-state index in [1.165, 1.54) is 0 Å². The van der Waals surface area contributed by atoms with E-state index in [9.17, 15) is 21.6 Å². The van der Waals surface area contributed by atoms with Gasteiger partial charge < -0.3 is 5.73 Å². The molecular formula is C11H15F3N2O2S. The molecule has 0 bridgehead atoms. The third kappa shape index (κ3) is 7.02. The highest BCUT2D eigenvalue weighted by molar-refractivity contribution is 7.89. The standard InChI is InChI=1S/C11H15F3N2O2S/c12-11(13,14)6-1-7-19(17,18)16-8-9-2-4-10(15)5-3-9/h2-5,16H,1,6-8,15H2. The molecule has 4 nitrogen and oxygen atoms in total. The van der Waals surface area contributed by atoms with Crippen molar-refractivity contribution in [1.29, 1.82) is 0 Å². The van der Waals surface area contributed by atoms with Gasteiger partial charge in [-0.05, 0) is 24.1 Å². The SMILES string of the molecule is Nc1ccc(CNS(=O)(=O)CCCC(F)(F)F)cc1. The maximum atomic E-state index is 11.9. The number of nitrogens with two attached hydrogens (primary N) is 1. The summed E-state index contributed by atoms with van der Waals surface area (Å²) in [6, 6.07) is 6.53. The zero-order valence-electron chi connectivity index (χ0n) is 10.1. The molecule has 1 rings (SSSR count). The third-order valence-corrected chi connectivity index (χ3v) is 3.76. The van der Waals surface area contributed by atoms with Crippen LogP contribution in [0.1, 0.15) is 18.4 Å². The summed E-state index contributed by atoms with van der Waals surface area (Å²) in [4.78, 5) is 0. The highest BCUT2D eigenvalue weighted by Crippen LogP contribution is 2.21. The van der Waals surface area contributed by atoms with Crippen molar-refractivity contribution in [3.63, 3.8) is 0 Å². The van der Waals surface area contributed by atoms with Crippen molar-refractivity contribution in [2.75, 3.05) is 11.5 Å². The van der Waals surface area contributed by atoms with Crippen LogP contribution in [-0.2, 0) is 16.6 Å². The van der Waals surface area contributed by atoms with Gasteiger partial charge in [-0.15, -0.1) is 0 Å². The fraction of sp³-hybridized carbons (Fsp3) is 0.455. The molecule has 108 valence electrons. The molecule has 0 amide bonds. The number of sulfonamides is 1. The van der Waals surface area contributed by atoms with Crippen LogP contribution in [0.3, 0.4) is 0 Å². The monoisotopic (exact) mass is 296 g/mol. The zero-order chi connectivity index (χ0) is 14.5. The number of hydrogen-bond acceptors (Lipinski definition) is 3. The average molecular weight is 296 g/mol. The predicted molar refractivity (Wildman–Crippen MR) is 66.8 cm³/mol. The number of rotatable bonds is 6. The van der Waals surface area contributed by atoms with Gasteiger partial charge >= 0.3 is 6.18 Å². The van der Waals surface area contributed by atoms with Crippen molar-refractivity contribution in [3.05, 3.63) is 29.8 Å². The summed E-state index contributed by atoms with van der Waals surface area (Å²) in [6.07, 6.45) is -5.87. The highest BCUT2D eigenvalue weighted by Gasteiger charge is 2.27. The average Bonchev–Trinajstić information content (AvgIpc) is 2.26. The molecule has 0 aliphatic rings. The molecule has 0 aliphatic heterocycles. The van der Waals surface area contributed by atoms with Crippen LogP contribution in [0.5, 0.6) is 0 Å². The first kappa shape index (κ1) is 15.8. The van der Waals surface area contributed by atoms with Gasteiger partial charge in [0.1, 0.15) is 0 Å². The minimum atomic E-state index is -4.33. The van der Waals surface area contributed by atoms with Crippen molar-refractivity contribution in [3.8, 4) is 0 Å². The van der Waals surface area contributed by atoms with Gasteiger partial charge in [-0.3, -0.25) is 0 Å². The zero-order valence-corrected chi connectivity index (χ0v) is 10.9. The van der Waals surface area contributed by atoms with Gasteiger partial charge in [-0.2, -0.15) is 13.2 Å². The van der Waals surface area contributed by atoms with Gasteiger partial charge in [0.05, 0.1) is 5.75 Å². The van der Waals surface area contributed by atoms with E-state index in [4.69, 9.17) is 5.73 Å². The van der Waals surface area contributed by atoms with Gasteiger partial charge in [0, 0.05) is 18.7 Å². The summed E-state index contributed by atoms with van der Waals surface area (Å²) in [7, 11) is -3.69. The van der Waals surface area contributed by atoms with Crippen LogP contribution in [0.15, 0.2) is 24.3 Å². The van der Waals surface area contributed by atoms with Gasteiger partial charge in [0.25, 0.3) is 0 Å². The number of halogens is 3. The Labute approximate surface area is 109 Å². The molecule has 0 fully saturated rings. The molecule has 1 aromatic rings. The van der Waals surface area contributed by atoms with Gasteiger partial charge in [-0.1, -0.05) is 12.1 Å². The number of benzene rings is 1. The largest absolute Gasteiger partial charge is 0.399 e. The molecule has 0 atom stereocenters. The minimum Gasteiger partial charge on any atom is -0.399 e. The Hall–Kier alpha value is -1.28. The van der Waals surface area contributed by atoms with Crippen LogP contribution in [0.2, 0.25) is 0 Å². The lowest BCUT2D eigenvalue weighted by molar-refractivity contribution is -0.134. The van der Waals surface area contributed by atoms with Gasteiger partial charge in [0.2, 0.25) is 10.0 Å². The molecule has 0 unspecified atom stereocenters. The Kier molecular flexibility index (Phi) is 5.19. The number of anilines is 1. The molecule has 0 saturated heterocycles. The maximum absolute atomic E-state index is 11.9. The summed E-state index contributed by atoms with van der Waals surface area (Å²) in [5, 5.41) is 0. The van der Waals surface area contributed by atoms with Crippen LogP contribution in [0.25, 0.3) is 0 Å². The third-order valence-electron chi connectivity index (χ3n) is 2.35. The van der Waals surface area contributed by atoms with Crippen molar-refractivity contribution < 1.29 is 21.6 Å². The van der Waals surface area contributed by atoms with Crippen LogP contribution in [0, 0.1) is 0 Å². The molecule has 3 N–H and O–H groups in total. The second-order valence-corrected chi connectivity index (χ2v) is 6.03. The molecule has 8 heteroatoms. The number of hydrogen-bond donors (Lipinski definition) is 2. The summed E-state index contributed by atoms with van der Waals surface area (Å²) < 4.78 is 60.8. The lowest BCUT2D eigenvalue weighted by Crippen LogP contribution is -2.26. The molecule has 0 aromatic heterocycles. The van der Waals surface area contributed by atoms with E-state index in [1.807, 2.05) is 0 Å². The summed E-state index contributed by atoms with van der Waals surface area (Å²) >= 11 is 0. The molecule has 19 heavy (non-hydrogen) atoms. The highest BCUT2D eigenvalue weighted by atomic mass is 32.2. The Balaban J connectivity index is 2.40. The topological polar surface area (TPSA) is 72.2 Å². The molecule has 0 aliphatic carbocycles. The molecule has 0 radical (unpaired) electrons. The maximum Gasteiger partial charge on any atom is 0.389 e. The molecule has 0 heterocycles. The van der Waals surface area contributed by atoms with Gasteiger partial charge in [0.15, 0.2) is 0 Å². The summed E-state index contributed by atoms with van der Waals surface area (Å²) in [6.45, 7) is 0.0363. The van der Waals surface area contributed by atoms with Crippen LogP contribution in [0.4, 0.5) is 18.9 Å². The fourth-order valence-corrected chi connectivity index (χ4v) is 2.42. The summed E-state index contributed by atoms with van der Waals surface area (Å²) in [5.41, 5.74) is 6.71. The predicted octanol–water partition coefficient (Wildman–Crippen LogP) is 2.03. The van der Waals surface area contributed by atoms with Crippen LogP contribution in [-0.4, -0.2) is 20.3 Å². The molecular weight excluding hydrogens is 281 g/mol. The molecule has 0 spiro atoms. The van der Waals surface area contributed by atoms with E-state index >= 15 is 0 Å². The lowest BCUT2D eigenvalue weighted by Gasteiger charge is -2.08. The van der Waals surface area contributed by atoms with Crippen LogP contribution >= 0.6 is 0 Å². The normalized spacial score (nSPS) is 12.6. The second kappa shape index (κ2) is 6.25. The second-order valence-electron chi connectivity index (χ2n) is 4.10.